The first-order valence-corrected chi connectivity index (χ1v) is 9.93. The summed E-state index contributed by atoms with van der Waals surface area (Å²) < 4.78 is 3.99. The second-order valence-electron chi connectivity index (χ2n) is 7.36. The van der Waals surface area contributed by atoms with Gasteiger partial charge in [0.05, 0.1) is 17.6 Å². The van der Waals surface area contributed by atoms with Gasteiger partial charge in [-0.1, -0.05) is 0 Å². The zero-order chi connectivity index (χ0) is 19.5. The molecule has 9 nitrogen and oxygen atoms in total. The van der Waals surface area contributed by atoms with E-state index in [-0.39, 0.29) is 29.9 Å². The van der Waals surface area contributed by atoms with E-state index in [1.54, 1.807) is 22.8 Å². The normalized spacial score (nSPS) is 17.2. The lowest BCUT2D eigenvalue weighted by atomic mass is 10.2. The van der Waals surface area contributed by atoms with E-state index < -0.39 is 0 Å². The molecule has 4 rings (SSSR count). The van der Waals surface area contributed by atoms with Crippen LogP contribution in [0.1, 0.15) is 24.4 Å². The number of amides is 1. The van der Waals surface area contributed by atoms with Crippen molar-refractivity contribution in [3.05, 3.63) is 30.1 Å². The Hall–Kier alpha value is -2.11. The fraction of sp³-hybridized carbons (Fsp3) is 0.579. The molecule has 158 valence electrons. The highest BCUT2D eigenvalue weighted by molar-refractivity contribution is 14.0. The predicted molar refractivity (Wildman–Crippen MR) is 123 cm³/mol. The fourth-order valence-corrected chi connectivity index (χ4v) is 3.90. The molecule has 2 aromatic heterocycles. The van der Waals surface area contributed by atoms with E-state index in [1.165, 1.54) is 18.7 Å². The molecule has 0 saturated carbocycles. The third-order valence-electron chi connectivity index (χ3n) is 5.36. The lowest BCUT2D eigenvalue weighted by Gasteiger charge is -2.35. The van der Waals surface area contributed by atoms with Gasteiger partial charge in [0.1, 0.15) is 12.4 Å². The third-order valence-corrected chi connectivity index (χ3v) is 5.36. The number of fused-ring (bicyclic) bond motifs is 1. The number of aromatic nitrogens is 4. The summed E-state index contributed by atoms with van der Waals surface area (Å²) in [6.07, 6.45) is 10.2. The molecule has 1 fully saturated rings. The molecule has 10 heteroatoms. The Morgan fingerprint density at radius 3 is 2.79 bits per heavy atom. The molecular formula is C19H29IN8O. The number of halogens is 1. The first kappa shape index (κ1) is 21.6. The van der Waals surface area contributed by atoms with Crippen molar-refractivity contribution < 1.29 is 4.79 Å². The Balaban J connectivity index is 0.00000240. The zero-order valence-corrected chi connectivity index (χ0v) is 19.4. The van der Waals surface area contributed by atoms with E-state index in [0.717, 1.165) is 49.8 Å². The number of nitrogens with one attached hydrogen (secondary N) is 1. The van der Waals surface area contributed by atoms with Gasteiger partial charge < -0.3 is 19.7 Å². The number of piperazine rings is 1. The molecule has 0 aromatic carbocycles. The second-order valence-corrected chi connectivity index (χ2v) is 7.36. The van der Waals surface area contributed by atoms with Crippen molar-refractivity contribution in [3.63, 3.8) is 0 Å². The number of nitrogens with zero attached hydrogens (tertiary/aromatic N) is 7. The van der Waals surface area contributed by atoms with Crippen LogP contribution < -0.4 is 10.2 Å². The van der Waals surface area contributed by atoms with E-state index in [2.05, 4.69) is 26.2 Å². The highest BCUT2D eigenvalue weighted by Crippen LogP contribution is 2.16. The molecule has 1 saturated heterocycles. The molecule has 0 aliphatic carbocycles. The minimum absolute atomic E-state index is 0. The maximum absolute atomic E-state index is 12.6. The molecule has 4 heterocycles. The first-order chi connectivity index (χ1) is 13.6. The van der Waals surface area contributed by atoms with Crippen molar-refractivity contribution in [1.82, 2.24) is 29.5 Å². The van der Waals surface area contributed by atoms with Crippen molar-refractivity contribution >= 4 is 41.5 Å². The van der Waals surface area contributed by atoms with E-state index in [4.69, 9.17) is 4.98 Å². The number of carbonyl (C=O) groups excluding carboxylic acids is 1. The maximum atomic E-state index is 12.6. The van der Waals surface area contributed by atoms with Crippen LogP contribution in [0.5, 0.6) is 0 Å². The van der Waals surface area contributed by atoms with Crippen molar-refractivity contribution in [1.29, 1.82) is 0 Å². The number of imidazole rings is 1. The average Bonchev–Trinajstić information content (AvgIpc) is 3.31. The molecule has 0 radical (unpaired) electrons. The quantitative estimate of drug-likeness (QED) is 0.376. The lowest BCUT2D eigenvalue weighted by molar-refractivity contribution is -0.120. The number of hydrogen-bond donors (Lipinski definition) is 1. The number of hydrogen-bond acceptors (Lipinski definition) is 4. The van der Waals surface area contributed by atoms with Gasteiger partial charge in [0.2, 0.25) is 5.91 Å². The Kier molecular flexibility index (Phi) is 7.14. The van der Waals surface area contributed by atoms with Gasteiger partial charge in [0, 0.05) is 65.5 Å². The summed E-state index contributed by atoms with van der Waals surface area (Å²) in [5, 5.41) is 7.54. The summed E-state index contributed by atoms with van der Waals surface area (Å²) in [6, 6.07) is 0. The molecule has 2 aliphatic rings. The number of aryl methyl sites for hydroxylation is 3. The minimum Gasteiger partial charge on any atom is -0.356 e. The van der Waals surface area contributed by atoms with Gasteiger partial charge in [-0.25, -0.2) is 4.98 Å². The molecular weight excluding hydrogens is 483 g/mol. The predicted octanol–water partition coefficient (Wildman–Crippen LogP) is 1.04. The van der Waals surface area contributed by atoms with Crippen LogP contribution in [0.15, 0.2) is 23.6 Å². The summed E-state index contributed by atoms with van der Waals surface area (Å²) in [4.78, 5) is 25.5. The monoisotopic (exact) mass is 512 g/mol. The number of anilines is 1. The number of aliphatic imine (C=N–C) groups is 1. The lowest BCUT2D eigenvalue weighted by Crippen LogP contribution is -2.55. The van der Waals surface area contributed by atoms with Crippen LogP contribution in [0, 0.1) is 0 Å². The van der Waals surface area contributed by atoms with Crippen LogP contribution in [-0.2, 0) is 31.2 Å². The van der Waals surface area contributed by atoms with Crippen molar-refractivity contribution in [2.45, 2.75) is 32.2 Å². The van der Waals surface area contributed by atoms with Crippen LogP contribution in [-0.4, -0.2) is 69.3 Å². The Bertz CT molecular complexity index is 850. The van der Waals surface area contributed by atoms with Crippen LogP contribution in [0.3, 0.4) is 0 Å². The van der Waals surface area contributed by atoms with E-state index in [1.807, 2.05) is 18.1 Å². The summed E-state index contributed by atoms with van der Waals surface area (Å²) in [5.74, 6) is 2.04. The van der Waals surface area contributed by atoms with Gasteiger partial charge in [-0.2, -0.15) is 5.10 Å². The molecule has 0 unspecified atom stereocenters. The summed E-state index contributed by atoms with van der Waals surface area (Å²) in [5.41, 5.74) is 1.97. The van der Waals surface area contributed by atoms with Gasteiger partial charge in [0.15, 0.2) is 5.96 Å². The van der Waals surface area contributed by atoms with Gasteiger partial charge >= 0.3 is 0 Å². The highest BCUT2D eigenvalue weighted by Gasteiger charge is 2.27. The summed E-state index contributed by atoms with van der Waals surface area (Å²) >= 11 is 0. The topological polar surface area (TPSA) is 83.6 Å². The number of carbonyl (C=O) groups is 1. The van der Waals surface area contributed by atoms with Gasteiger partial charge in [-0.15, -0.1) is 24.0 Å². The van der Waals surface area contributed by atoms with E-state index >= 15 is 0 Å². The molecule has 2 aromatic rings. The van der Waals surface area contributed by atoms with Crippen LogP contribution in [0.4, 0.5) is 5.69 Å². The van der Waals surface area contributed by atoms with E-state index in [9.17, 15) is 4.79 Å². The van der Waals surface area contributed by atoms with Crippen molar-refractivity contribution in [3.8, 4) is 0 Å². The Morgan fingerprint density at radius 2 is 2.10 bits per heavy atom. The van der Waals surface area contributed by atoms with Crippen LogP contribution in [0.25, 0.3) is 0 Å². The Labute approximate surface area is 188 Å². The van der Waals surface area contributed by atoms with Crippen molar-refractivity contribution in [2.75, 3.05) is 38.1 Å². The van der Waals surface area contributed by atoms with Crippen LogP contribution >= 0.6 is 24.0 Å². The summed E-state index contributed by atoms with van der Waals surface area (Å²) in [7, 11) is 3.61. The smallest absolute Gasteiger partial charge is 0.246 e. The largest absolute Gasteiger partial charge is 0.356 e. The molecule has 1 amide bonds. The van der Waals surface area contributed by atoms with E-state index in [0.29, 0.717) is 13.1 Å². The molecule has 0 bridgehead atoms. The fourth-order valence-electron chi connectivity index (χ4n) is 3.90. The standard InChI is InChI=1S/C19H28N8O.HI/c1-20-19(21-7-6-15-12-25-8-4-3-5-17(25)23-15)26-9-10-27(18(28)14-26)16-11-22-24(2)13-16;/h11-13H,3-10,14H2,1-2H3,(H,20,21);1H. The minimum atomic E-state index is 0. The average molecular weight is 512 g/mol. The maximum Gasteiger partial charge on any atom is 0.246 e. The summed E-state index contributed by atoms with van der Waals surface area (Å²) in [6.45, 7) is 3.51. The zero-order valence-electron chi connectivity index (χ0n) is 17.0. The number of rotatable bonds is 4. The SMILES string of the molecule is CN=C(NCCc1cn2c(n1)CCCC2)N1CCN(c2cnn(C)c2)C(=O)C1.I. The van der Waals surface area contributed by atoms with Gasteiger partial charge in [-0.3, -0.25) is 14.5 Å². The molecule has 29 heavy (non-hydrogen) atoms. The van der Waals surface area contributed by atoms with Crippen molar-refractivity contribution in [2.24, 2.45) is 12.0 Å². The van der Waals surface area contributed by atoms with Crippen LogP contribution in [0.2, 0.25) is 0 Å². The highest BCUT2D eigenvalue weighted by atomic mass is 127. The number of guanidine groups is 1. The third kappa shape index (κ3) is 4.90. The first-order valence-electron chi connectivity index (χ1n) is 9.93. The van der Waals surface area contributed by atoms with Gasteiger partial charge in [-0.05, 0) is 12.8 Å². The molecule has 0 spiro atoms. The second kappa shape index (κ2) is 9.59. The molecule has 1 N–H and O–H groups in total. The van der Waals surface area contributed by atoms with Gasteiger partial charge in [0.25, 0.3) is 0 Å². The molecule has 0 atom stereocenters. The molecule has 2 aliphatic heterocycles. The Morgan fingerprint density at radius 1 is 1.24 bits per heavy atom.